The zero-order valence-corrected chi connectivity index (χ0v) is 16.6. The third kappa shape index (κ3) is 5.57. The van der Waals surface area contributed by atoms with Gasteiger partial charge in [0.2, 0.25) is 0 Å². The molecule has 2 fully saturated rings. The maximum atomic E-state index is 11.5. The molecule has 148 valence electrons. The van der Waals surface area contributed by atoms with Crippen LogP contribution in [0.2, 0.25) is 0 Å². The van der Waals surface area contributed by atoms with Gasteiger partial charge in [-0.3, -0.25) is 0 Å². The molecule has 8 heteroatoms. The van der Waals surface area contributed by atoms with Crippen molar-refractivity contribution >= 4 is 22.2 Å². The Morgan fingerprint density at radius 3 is 2.23 bits per heavy atom. The minimum atomic E-state index is -3.22. The summed E-state index contributed by atoms with van der Waals surface area (Å²) < 4.78 is 28.9. The van der Waals surface area contributed by atoms with E-state index in [1.807, 2.05) is 0 Å². The van der Waals surface area contributed by atoms with E-state index in [1.165, 1.54) is 31.2 Å². The summed E-state index contributed by atoms with van der Waals surface area (Å²) in [6.45, 7) is 2.03. The second-order valence-corrected chi connectivity index (χ2v) is 9.67. The first-order chi connectivity index (χ1) is 11.8. The number of rotatable bonds is 8. The van der Waals surface area contributed by atoms with Crippen molar-refractivity contribution in [2.45, 2.75) is 42.8 Å². The fourth-order valence-corrected chi connectivity index (χ4v) is 4.07. The number of ether oxygens (including phenoxy) is 1. The van der Waals surface area contributed by atoms with Crippen LogP contribution in [0.15, 0.2) is 29.2 Å². The molecule has 1 unspecified atom stereocenters. The van der Waals surface area contributed by atoms with Crippen molar-refractivity contribution in [2.24, 2.45) is 11.3 Å². The van der Waals surface area contributed by atoms with Gasteiger partial charge in [0, 0.05) is 18.2 Å². The van der Waals surface area contributed by atoms with E-state index in [4.69, 9.17) is 4.74 Å². The van der Waals surface area contributed by atoms with E-state index < -0.39 is 22.0 Å². The van der Waals surface area contributed by atoms with Crippen LogP contribution in [-0.4, -0.2) is 56.8 Å². The van der Waals surface area contributed by atoms with E-state index in [2.05, 4.69) is 5.32 Å². The molecule has 26 heavy (non-hydrogen) atoms. The predicted molar refractivity (Wildman–Crippen MR) is 102 cm³/mol. The van der Waals surface area contributed by atoms with Crippen LogP contribution in [-0.2, 0) is 9.84 Å². The largest absolute Gasteiger partial charge is 0.493 e. The average Bonchev–Trinajstić information content (AvgIpc) is 3.32. The average molecular weight is 406 g/mol. The van der Waals surface area contributed by atoms with Gasteiger partial charge in [0.25, 0.3) is 0 Å². The third-order valence-electron chi connectivity index (χ3n) is 5.16. The number of aliphatic hydroxyl groups excluding tert-OH is 2. The highest BCUT2D eigenvalue weighted by atomic mass is 35.5. The third-order valence-corrected chi connectivity index (χ3v) is 6.28. The molecular weight excluding hydrogens is 378 g/mol. The molecule has 1 aromatic carbocycles. The molecule has 1 aromatic rings. The van der Waals surface area contributed by atoms with Crippen molar-refractivity contribution in [1.29, 1.82) is 0 Å². The predicted octanol–water partition coefficient (Wildman–Crippen LogP) is 1.39. The minimum absolute atomic E-state index is 0. The summed E-state index contributed by atoms with van der Waals surface area (Å²) in [5, 5.41) is 23.4. The summed E-state index contributed by atoms with van der Waals surface area (Å²) in [6.07, 6.45) is 3.26. The molecule has 0 saturated heterocycles. The van der Waals surface area contributed by atoms with E-state index in [-0.39, 0.29) is 22.7 Å². The van der Waals surface area contributed by atoms with E-state index in [0.717, 1.165) is 12.5 Å². The molecular formula is C18H28ClNO5S. The molecule has 3 rings (SSSR count). The topological polar surface area (TPSA) is 95.9 Å². The first-order valence-corrected chi connectivity index (χ1v) is 10.7. The molecule has 0 heterocycles. The van der Waals surface area contributed by atoms with E-state index in [9.17, 15) is 18.6 Å². The SMILES string of the molecule is CS(=O)(=O)c1ccc(OCC2(CNCC3CC3)C[C@@H](O)[C@@H](O)C2)cc1.Cl. The van der Waals surface area contributed by atoms with Gasteiger partial charge in [-0.25, -0.2) is 8.42 Å². The van der Waals surface area contributed by atoms with Gasteiger partial charge < -0.3 is 20.3 Å². The molecule has 0 radical (unpaired) electrons. The van der Waals surface area contributed by atoms with Gasteiger partial charge in [-0.2, -0.15) is 0 Å². The van der Waals surface area contributed by atoms with Crippen molar-refractivity contribution < 1.29 is 23.4 Å². The molecule has 3 atom stereocenters. The van der Waals surface area contributed by atoms with Crippen molar-refractivity contribution in [3.05, 3.63) is 24.3 Å². The molecule has 0 aliphatic heterocycles. The Morgan fingerprint density at radius 2 is 1.73 bits per heavy atom. The zero-order chi connectivity index (χ0) is 18.1. The Hall–Kier alpha value is -0.860. The van der Waals surface area contributed by atoms with Crippen LogP contribution in [0.25, 0.3) is 0 Å². The summed E-state index contributed by atoms with van der Waals surface area (Å²) in [5.41, 5.74) is -0.316. The standard InChI is InChI=1S/C18H27NO5S.ClH/c1-25(22,23)15-6-4-14(5-7-15)24-12-18(8-16(20)17(21)9-18)11-19-10-13-2-3-13;/h4-7,13,16-17,19-21H,2-3,8-12H2,1H3;1H/t16-,17+,18?;. The number of hydrogen-bond donors (Lipinski definition) is 3. The summed E-state index contributed by atoms with van der Waals surface area (Å²) >= 11 is 0. The highest BCUT2D eigenvalue weighted by Crippen LogP contribution is 2.39. The van der Waals surface area contributed by atoms with Crippen molar-refractivity contribution in [2.75, 3.05) is 26.0 Å². The molecule has 2 aliphatic carbocycles. The molecule has 2 saturated carbocycles. The normalized spacial score (nSPS) is 28.6. The van der Waals surface area contributed by atoms with Gasteiger partial charge in [-0.1, -0.05) is 0 Å². The summed E-state index contributed by atoms with van der Waals surface area (Å²) in [5.74, 6) is 1.35. The van der Waals surface area contributed by atoms with E-state index in [1.54, 1.807) is 12.1 Å². The Bertz CT molecular complexity index is 680. The second-order valence-electron chi connectivity index (χ2n) is 7.65. The highest BCUT2D eigenvalue weighted by molar-refractivity contribution is 7.90. The van der Waals surface area contributed by atoms with E-state index >= 15 is 0 Å². The quantitative estimate of drug-likeness (QED) is 0.605. The molecule has 2 aliphatic rings. The second kappa shape index (κ2) is 8.44. The van der Waals surface area contributed by atoms with Gasteiger partial charge in [-0.05, 0) is 62.4 Å². The lowest BCUT2D eigenvalue weighted by Gasteiger charge is -2.29. The van der Waals surface area contributed by atoms with Crippen LogP contribution in [0.3, 0.4) is 0 Å². The number of halogens is 1. The smallest absolute Gasteiger partial charge is 0.175 e. The van der Waals surface area contributed by atoms with Crippen LogP contribution >= 0.6 is 12.4 Å². The number of benzene rings is 1. The minimum Gasteiger partial charge on any atom is -0.493 e. The van der Waals surface area contributed by atoms with Crippen molar-refractivity contribution in [1.82, 2.24) is 5.32 Å². The zero-order valence-electron chi connectivity index (χ0n) is 14.9. The fraction of sp³-hybridized carbons (Fsp3) is 0.667. The maximum absolute atomic E-state index is 11.5. The Kier molecular flexibility index (Phi) is 6.96. The van der Waals surface area contributed by atoms with Crippen LogP contribution in [0.4, 0.5) is 0 Å². The lowest BCUT2D eigenvalue weighted by atomic mass is 9.86. The molecule has 0 spiro atoms. The molecule has 0 amide bonds. The summed E-state index contributed by atoms with van der Waals surface area (Å²) in [4.78, 5) is 0.257. The molecule has 0 aromatic heterocycles. The number of sulfone groups is 1. The van der Waals surface area contributed by atoms with Gasteiger partial charge in [0.1, 0.15) is 5.75 Å². The highest BCUT2D eigenvalue weighted by Gasteiger charge is 2.44. The Balaban J connectivity index is 0.00000243. The number of aliphatic hydroxyl groups is 2. The van der Waals surface area contributed by atoms with Crippen LogP contribution in [0, 0.1) is 11.3 Å². The fourth-order valence-electron chi connectivity index (χ4n) is 3.44. The van der Waals surface area contributed by atoms with Crippen molar-refractivity contribution in [3.63, 3.8) is 0 Å². The van der Waals surface area contributed by atoms with Gasteiger partial charge in [0.15, 0.2) is 9.84 Å². The molecule has 3 N–H and O–H groups in total. The Labute approximate surface area is 161 Å². The molecule has 6 nitrogen and oxygen atoms in total. The molecule has 0 bridgehead atoms. The number of nitrogens with one attached hydrogen (secondary N) is 1. The van der Waals surface area contributed by atoms with E-state index in [0.29, 0.717) is 31.7 Å². The summed E-state index contributed by atoms with van der Waals surface area (Å²) in [7, 11) is -3.22. The first-order valence-electron chi connectivity index (χ1n) is 8.77. The monoisotopic (exact) mass is 405 g/mol. The van der Waals surface area contributed by atoms with Crippen LogP contribution < -0.4 is 10.1 Å². The van der Waals surface area contributed by atoms with Crippen molar-refractivity contribution in [3.8, 4) is 5.75 Å². The summed E-state index contributed by atoms with van der Waals surface area (Å²) in [6, 6.07) is 6.34. The van der Waals surface area contributed by atoms with Gasteiger partial charge in [0.05, 0.1) is 23.7 Å². The first kappa shape index (κ1) is 21.4. The van der Waals surface area contributed by atoms with Crippen LogP contribution in [0.1, 0.15) is 25.7 Å². The number of hydrogen-bond acceptors (Lipinski definition) is 6. The lowest BCUT2D eigenvalue weighted by Crippen LogP contribution is -2.38. The van der Waals surface area contributed by atoms with Gasteiger partial charge in [-0.15, -0.1) is 12.4 Å². The maximum Gasteiger partial charge on any atom is 0.175 e. The lowest BCUT2D eigenvalue weighted by molar-refractivity contribution is 0.0438. The van der Waals surface area contributed by atoms with Gasteiger partial charge >= 0.3 is 0 Å². The van der Waals surface area contributed by atoms with Crippen LogP contribution in [0.5, 0.6) is 5.75 Å². The Morgan fingerprint density at radius 1 is 1.15 bits per heavy atom.